The Morgan fingerprint density at radius 1 is 0.939 bits per heavy atom. The van der Waals surface area contributed by atoms with Crippen molar-refractivity contribution in [3.63, 3.8) is 0 Å². The number of para-hydroxylation sites is 1. The molecule has 1 aliphatic heterocycles. The van der Waals surface area contributed by atoms with Crippen LogP contribution in [-0.2, 0) is 38.1 Å². The standard InChI is InChI=1S/C21H25NO11/c1-10(23)22-17-19(31-13(4)26)18(30-12(3)25)16(9-29-11(2)24)33-21(17)32-15-8-6-5-7-14(15)20(27)28/h5-8,16-19,21H,9H2,1-4H3,(H,22,23)(H,27,28)/t16-,17+,18-,19-,21-/m1/s1. The lowest BCUT2D eigenvalue weighted by Crippen LogP contribution is -2.67. The van der Waals surface area contributed by atoms with Gasteiger partial charge in [-0.2, -0.15) is 0 Å². The molecule has 5 atom stereocenters. The molecule has 1 amide bonds. The number of carbonyl (C=O) groups is 5. The highest BCUT2D eigenvalue weighted by molar-refractivity contribution is 5.90. The van der Waals surface area contributed by atoms with E-state index < -0.39 is 67.0 Å². The van der Waals surface area contributed by atoms with E-state index in [2.05, 4.69) is 5.32 Å². The van der Waals surface area contributed by atoms with Crippen LogP contribution in [0.1, 0.15) is 38.1 Å². The minimum Gasteiger partial charge on any atom is -0.478 e. The van der Waals surface area contributed by atoms with Crippen molar-refractivity contribution in [2.45, 2.75) is 58.3 Å². The number of rotatable bonds is 8. The van der Waals surface area contributed by atoms with E-state index in [0.717, 1.165) is 20.8 Å². The number of nitrogens with one attached hydrogen (secondary N) is 1. The zero-order valence-electron chi connectivity index (χ0n) is 18.4. The summed E-state index contributed by atoms with van der Waals surface area (Å²) in [5.74, 6) is -4.08. The predicted molar refractivity (Wildman–Crippen MR) is 108 cm³/mol. The van der Waals surface area contributed by atoms with E-state index in [1.807, 2.05) is 0 Å². The van der Waals surface area contributed by atoms with Crippen LogP contribution in [0.3, 0.4) is 0 Å². The first kappa shape index (κ1) is 25.6. The summed E-state index contributed by atoms with van der Waals surface area (Å²) in [6.45, 7) is 4.18. The molecule has 0 bridgehead atoms. The highest BCUT2D eigenvalue weighted by Crippen LogP contribution is 2.30. The van der Waals surface area contributed by atoms with E-state index in [0.29, 0.717) is 0 Å². The molecule has 0 aliphatic carbocycles. The average Bonchev–Trinajstić information content (AvgIpc) is 2.70. The molecule has 0 saturated carbocycles. The molecule has 0 spiro atoms. The second-order valence-corrected chi connectivity index (χ2v) is 7.14. The molecule has 1 aromatic rings. The number of benzene rings is 1. The highest BCUT2D eigenvalue weighted by atomic mass is 16.7. The maximum Gasteiger partial charge on any atom is 0.339 e. The molecule has 1 fully saturated rings. The Bertz CT molecular complexity index is 915. The molecule has 180 valence electrons. The summed E-state index contributed by atoms with van der Waals surface area (Å²) < 4.78 is 27.2. The largest absolute Gasteiger partial charge is 0.478 e. The van der Waals surface area contributed by atoms with Crippen molar-refractivity contribution in [2.24, 2.45) is 0 Å². The zero-order chi connectivity index (χ0) is 24.7. The van der Waals surface area contributed by atoms with Crippen molar-refractivity contribution < 1.29 is 52.8 Å². The third-order valence-electron chi connectivity index (χ3n) is 4.43. The number of amides is 1. The van der Waals surface area contributed by atoms with Crippen molar-refractivity contribution >= 4 is 29.8 Å². The Balaban J connectivity index is 2.51. The minimum atomic E-state index is -1.41. The summed E-state index contributed by atoms with van der Waals surface area (Å²) in [5.41, 5.74) is -0.189. The van der Waals surface area contributed by atoms with Gasteiger partial charge in [0.2, 0.25) is 12.2 Å². The number of hydrogen-bond acceptors (Lipinski definition) is 10. The van der Waals surface area contributed by atoms with Crippen LogP contribution in [-0.4, -0.2) is 72.1 Å². The molecule has 2 rings (SSSR count). The molecule has 1 aromatic carbocycles. The highest BCUT2D eigenvalue weighted by Gasteiger charge is 2.52. The number of carboxylic acid groups (broad SMARTS) is 1. The van der Waals surface area contributed by atoms with Crippen LogP contribution < -0.4 is 10.1 Å². The van der Waals surface area contributed by atoms with E-state index in [-0.39, 0.29) is 11.3 Å². The molecule has 0 radical (unpaired) electrons. The molecule has 1 aliphatic rings. The van der Waals surface area contributed by atoms with Crippen molar-refractivity contribution in [1.82, 2.24) is 5.32 Å². The number of carbonyl (C=O) groups excluding carboxylic acids is 4. The van der Waals surface area contributed by atoms with Crippen LogP contribution in [0.25, 0.3) is 0 Å². The second kappa shape index (κ2) is 11.3. The SMILES string of the molecule is CC(=O)N[C@@H]1[C@H](Oc2ccccc2C(=O)O)O[C@H](COC(C)=O)[C@@H](OC(C)=O)[C@@H]1OC(C)=O. The first-order valence-electron chi connectivity index (χ1n) is 9.89. The zero-order valence-corrected chi connectivity index (χ0v) is 18.4. The fourth-order valence-corrected chi connectivity index (χ4v) is 3.26. The van der Waals surface area contributed by atoms with Crippen LogP contribution in [0.15, 0.2) is 24.3 Å². The number of ether oxygens (including phenoxy) is 5. The number of aromatic carboxylic acids is 1. The Morgan fingerprint density at radius 3 is 2.09 bits per heavy atom. The number of hydrogen-bond donors (Lipinski definition) is 2. The Hall–Kier alpha value is -3.67. The first-order valence-corrected chi connectivity index (χ1v) is 9.89. The molecule has 0 aromatic heterocycles. The molecular formula is C21H25NO11. The van der Waals surface area contributed by atoms with E-state index in [9.17, 15) is 29.1 Å². The number of carboxylic acids is 1. The molecule has 12 nitrogen and oxygen atoms in total. The summed E-state index contributed by atoms with van der Waals surface area (Å²) in [6.07, 6.45) is -5.18. The lowest BCUT2D eigenvalue weighted by atomic mass is 9.96. The second-order valence-electron chi connectivity index (χ2n) is 7.14. The maximum absolute atomic E-state index is 11.9. The Labute approximate surface area is 189 Å². The van der Waals surface area contributed by atoms with Crippen LogP contribution in [0.5, 0.6) is 5.75 Å². The Morgan fingerprint density at radius 2 is 1.55 bits per heavy atom. The van der Waals surface area contributed by atoms with Gasteiger partial charge in [0.15, 0.2) is 12.2 Å². The van der Waals surface area contributed by atoms with Gasteiger partial charge >= 0.3 is 23.9 Å². The quantitative estimate of drug-likeness (QED) is 0.402. The monoisotopic (exact) mass is 467 g/mol. The summed E-state index contributed by atoms with van der Waals surface area (Å²) >= 11 is 0. The minimum absolute atomic E-state index is 0.0934. The van der Waals surface area contributed by atoms with Gasteiger partial charge in [-0.25, -0.2) is 4.79 Å². The fraction of sp³-hybridized carbons (Fsp3) is 0.476. The van der Waals surface area contributed by atoms with Crippen molar-refractivity contribution in [3.8, 4) is 5.75 Å². The molecule has 1 heterocycles. The molecular weight excluding hydrogens is 442 g/mol. The third kappa shape index (κ3) is 7.17. The molecule has 0 unspecified atom stereocenters. The lowest BCUT2D eigenvalue weighted by Gasteiger charge is -2.44. The molecule has 2 N–H and O–H groups in total. The fourth-order valence-electron chi connectivity index (χ4n) is 3.26. The normalized spacial score (nSPS) is 24.2. The van der Waals surface area contributed by atoms with Crippen LogP contribution in [0.4, 0.5) is 0 Å². The molecule has 33 heavy (non-hydrogen) atoms. The smallest absolute Gasteiger partial charge is 0.339 e. The summed E-state index contributed by atoms with van der Waals surface area (Å²) in [7, 11) is 0. The lowest BCUT2D eigenvalue weighted by molar-refractivity contribution is -0.257. The summed E-state index contributed by atoms with van der Waals surface area (Å²) in [5, 5.41) is 12.0. The van der Waals surface area contributed by atoms with Crippen molar-refractivity contribution in [2.75, 3.05) is 6.61 Å². The van der Waals surface area contributed by atoms with Crippen molar-refractivity contribution in [1.29, 1.82) is 0 Å². The summed E-state index contributed by atoms with van der Waals surface area (Å²) in [6, 6.07) is 4.48. The molecule has 1 saturated heterocycles. The average molecular weight is 467 g/mol. The van der Waals surface area contributed by atoms with Gasteiger partial charge in [0.05, 0.1) is 0 Å². The van der Waals surface area contributed by atoms with E-state index in [1.165, 1.54) is 31.2 Å². The van der Waals surface area contributed by atoms with Gasteiger partial charge in [-0.05, 0) is 12.1 Å². The Kier molecular flexibility index (Phi) is 8.74. The number of esters is 3. The van der Waals surface area contributed by atoms with Crippen LogP contribution in [0.2, 0.25) is 0 Å². The van der Waals surface area contributed by atoms with Gasteiger partial charge in [0.25, 0.3) is 0 Å². The maximum atomic E-state index is 11.9. The third-order valence-corrected chi connectivity index (χ3v) is 4.43. The van der Waals surface area contributed by atoms with Gasteiger partial charge < -0.3 is 34.1 Å². The van der Waals surface area contributed by atoms with E-state index in [4.69, 9.17) is 23.7 Å². The molecule has 12 heteroatoms. The van der Waals surface area contributed by atoms with Gasteiger partial charge in [-0.15, -0.1) is 0 Å². The van der Waals surface area contributed by atoms with Crippen molar-refractivity contribution in [3.05, 3.63) is 29.8 Å². The predicted octanol–water partition coefficient (Wildman–Crippen LogP) is 0.420. The van der Waals surface area contributed by atoms with Gasteiger partial charge in [0, 0.05) is 27.7 Å². The van der Waals surface area contributed by atoms with Gasteiger partial charge in [0.1, 0.15) is 30.1 Å². The first-order chi connectivity index (χ1) is 15.5. The van der Waals surface area contributed by atoms with Crippen LogP contribution >= 0.6 is 0 Å². The van der Waals surface area contributed by atoms with Gasteiger partial charge in [-0.3, -0.25) is 19.2 Å². The van der Waals surface area contributed by atoms with E-state index in [1.54, 1.807) is 0 Å². The summed E-state index contributed by atoms with van der Waals surface area (Å²) in [4.78, 5) is 58.4. The van der Waals surface area contributed by atoms with Gasteiger partial charge in [-0.1, -0.05) is 12.1 Å². The van der Waals surface area contributed by atoms with Crippen LogP contribution in [0, 0.1) is 0 Å². The van der Waals surface area contributed by atoms with E-state index >= 15 is 0 Å². The topological polar surface area (TPSA) is 164 Å².